The standard InChI is InChI=1S/C16H23N5O/c1-3-4-16-18-14(19-22-16)12-20-7-9-21(10-8-20)15-11-13(2)5-6-17-15/h5-6,11H,3-4,7-10,12H2,1-2H3. The third kappa shape index (κ3) is 3.62. The molecule has 3 rings (SSSR count). The molecule has 3 heterocycles. The molecule has 6 heteroatoms. The molecule has 1 aliphatic rings. The summed E-state index contributed by atoms with van der Waals surface area (Å²) in [5.41, 5.74) is 1.25. The molecule has 0 amide bonds. The lowest BCUT2D eigenvalue weighted by Gasteiger charge is -2.34. The molecule has 0 aliphatic carbocycles. The molecule has 2 aromatic heterocycles. The van der Waals surface area contributed by atoms with Crippen LogP contribution in [0.2, 0.25) is 0 Å². The van der Waals surface area contributed by atoms with E-state index in [0.717, 1.165) is 63.1 Å². The van der Waals surface area contributed by atoms with Crippen molar-refractivity contribution in [3.05, 3.63) is 35.6 Å². The molecule has 1 fully saturated rings. The molecule has 1 saturated heterocycles. The molecule has 0 N–H and O–H groups in total. The second kappa shape index (κ2) is 6.87. The van der Waals surface area contributed by atoms with Gasteiger partial charge in [0.2, 0.25) is 5.89 Å². The Kier molecular flexibility index (Phi) is 4.68. The van der Waals surface area contributed by atoms with Crippen LogP contribution in [-0.4, -0.2) is 46.2 Å². The number of aromatic nitrogens is 3. The zero-order chi connectivity index (χ0) is 15.4. The highest BCUT2D eigenvalue weighted by atomic mass is 16.5. The summed E-state index contributed by atoms with van der Waals surface area (Å²) < 4.78 is 5.24. The molecule has 118 valence electrons. The minimum absolute atomic E-state index is 0.750. The fraction of sp³-hybridized carbons (Fsp3) is 0.562. The fourth-order valence-corrected chi connectivity index (χ4v) is 2.70. The zero-order valence-corrected chi connectivity index (χ0v) is 13.3. The molecule has 1 aliphatic heterocycles. The van der Waals surface area contributed by atoms with Gasteiger partial charge in [-0.2, -0.15) is 4.98 Å². The average molecular weight is 301 g/mol. The highest BCUT2D eigenvalue weighted by molar-refractivity contribution is 5.41. The van der Waals surface area contributed by atoms with Crippen molar-refractivity contribution in [3.8, 4) is 0 Å². The number of hydrogen-bond donors (Lipinski definition) is 0. The van der Waals surface area contributed by atoms with Gasteiger partial charge in [0, 0.05) is 38.8 Å². The largest absolute Gasteiger partial charge is 0.354 e. The number of anilines is 1. The van der Waals surface area contributed by atoms with Gasteiger partial charge in [-0.25, -0.2) is 4.98 Å². The van der Waals surface area contributed by atoms with Crippen LogP contribution in [0.25, 0.3) is 0 Å². The fourth-order valence-electron chi connectivity index (χ4n) is 2.70. The van der Waals surface area contributed by atoms with E-state index in [9.17, 15) is 0 Å². The van der Waals surface area contributed by atoms with Gasteiger partial charge in [-0.15, -0.1) is 0 Å². The second-order valence-corrected chi connectivity index (χ2v) is 5.81. The predicted octanol–water partition coefficient (Wildman–Crippen LogP) is 2.05. The molecule has 22 heavy (non-hydrogen) atoms. The number of piperazine rings is 1. The van der Waals surface area contributed by atoms with Crippen molar-refractivity contribution in [1.29, 1.82) is 0 Å². The number of aryl methyl sites for hydroxylation is 2. The Bertz CT molecular complexity index is 604. The summed E-state index contributed by atoms with van der Waals surface area (Å²) in [6.07, 6.45) is 3.77. The first-order valence-corrected chi connectivity index (χ1v) is 7.96. The molecule has 0 saturated carbocycles. The Hall–Kier alpha value is -1.95. The molecular weight excluding hydrogens is 278 g/mol. The van der Waals surface area contributed by atoms with Gasteiger partial charge in [0.15, 0.2) is 5.82 Å². The molecular formula is C16H23N5O. The summed E-state index contributed by atoms with van der Waals surface area (Å²) in [6, 6.07) is 4.18. The van der Waals surface area contributed by atoms with Gasteiger partial charge < -0.3 is 9.42 Å². The maximum Gasteiger partial charge on any atom is 0.226 e. The summed E-state index contributed by atoms with van der Waals surface area (Å²) in [5.74, 6) is 2.62. The molecule has 0 bridgehead atoms. The van der Waals surface area contributed by atoms with Crippen molar-refractivity contribution in [2.75, 3.05) is 31.1 Å². The minimum Gasteiger partial charge on any atom is -0.354 e. The van der Waals surface area contributed by atoms with E-state index in [1.165, 1.54) is 5.56 Å². The molecule has 2 aromatic rings. The van der Waals surface area contributed by atoms with Crippen molar-refractivity contribution < 1.29 is 4.52 Å². The Morgan fingerprint density at radius 1 is 1.23 bits per heavy atom. The van der Waals surface area contributed by atoms with Crippen molar-refractivity contribution in [2.24, 2.45) is 0 Å². The number of rotatable bonds is 5. The van der Waals surface area contributed by atoms with E-state index in [-0.39, 0.29) is 0 Å². The highest BCUT2D eigenvalue weighted by Crippen LogP contribution is 2.15. The van der Waals surface area contributed by atoms with Gasteiger partial charge in [0.05, 0.1) is 6.54 Å². The number of nitrogens with zero attached hydrogens (tertiary/aromatic N) is 5. The summed E-state index contributed by atoms with van der Waals surface area (Å²) >= 11 is 0. The first-order valence-electron chi connectivity index (χ1n) is 7.96. The van der Waals surface area contributed by atoms with Crippen LogP contribution in [0.5, 0.6) is 0 Å². The third-order valence-corrected chi connectivity index (χ3v) is 3.94. The van der Waals surface area contributed by atoms with Gasteiger partial charge in [-0.1, -0.05) is 12.1 Å². The van der Waals surface area contributed by atoms with E-state index < -0.39 is 0 Å². The van der Waals surface area contributed by atoms with Crippen molar-refractivity contribution in [3.63, 3.8) is 0 Å². The smallest absolute Gasteiger partial charge is 0.226 e. The zero-order valence-electron chi connectivity index (χ0n) is 13.3. The topological polar surface area (TPSA) is 58.3 Å². The van der Waals surface area contributed by atoms with Crippen LogP contribution in [0.1, 0.15) is 30.6 Å². The summed E-state index contributed by atoms with van der Waals surface area (Å²) in [6.45, 7) is 8.93. The van der Waals surface area contributed by atoms with Crippen molar-refractivity contribution >= 4 is 5.82 Å². The lowest BCUT2D eigenvalue weighted by Crippen LogP contribution is -2.46. The van der Waals surface area contributed by atoms with Gasteiger partial charge >= 0.3 is 0 Å². The Labute approximate surface area is 131 Å². The molecule has 0 aromatic carbocycles. The summed E-state index contributed by atoms with van der Waals surface area (Å²) in [5, 5.41) is 4.06. The monoisotopic (exact) mass is 301 g/mol. The molecule has 0 radical (unpaired) electrons. The first kappa shape index (κ1) is 15.0. The van der Waals surface area contributed by atoms with Crippen LogP contribution < -0.4 is 4.90 Å². The second-order valence-electron chi connectivity index (χ2n) is 5.81. The minimum atomic E-state index is 0.750. The number of pyridine rings is 1. The van der Waals surface area contributed by atoms with E-state index in [4.69, 9.17) is 4.52 Å². The predicted molar refractivity (Wildman–Crippen MR) is 84.8 cm³/mol. The van der Waals surface area contributed by atoms with E-state index in [1.807, 2.05) is 12.3 Å². The average Bonchev–Trinajstić information content (AvgIpc) is 2.96. The van der Waals surface area contributed by atoms with Gasteiger partial charge in [-0.05, 0) is 31.0 Å². The molecule has 0 spiro atoms. The Morgan fingerprint density at radius 2 is 2.05 bits per heavy atom. The summed E-state index contributed by atoms with van der Waals surface area (Å²) in [4.78, 5) is 13.6. The van der Waals surface area contributed by atoms with Crippen LogP contribution in [0, 0.1) is 6.92 Å². The molecule has 0 atom stereocenters. The first-order chi connectivity index (χ1) is 10.7. The lowest BCUT2D eigenvalue weighted by atomic mass is 10.2. The van der Waals surface area contributed by atoms with Crippen LogP contribution in [0.15, 0.2) is 22.9 Å². The lowest BCUT2D eigenvalue weighted by molar-refractivity contribution is 0.239. The van der Waals surface area contributed by atoms with Crippen molar-refractivity contribution in [2.45, 2.75) is 33.2 Å². The third-order valence-electron chi connectivity index (χ3n) is 3.94. The Morgan fingerprint density at radius 3 is 2.77 bits per heavy atom. The van der Waals surface area contributed by atoms with Crippen LogP contribution in [0.3, 0.4) is 0 Å². The highest BCUT2D eigenvalue weighted by Gasteiger charge is 2.19. The van der Waals surface area contributed by atoms with Crippen LogP contribution in [-0.2, 0) is 13.0 Å². The van der Waals surface area contributed by atoms with E-state index in [1.54, 1.807) is 0 Å². The maximum absolute atomic E-state index is 5.24. The van der Waals surface area contributed by atoms with E-state index in [2.05, 4.69) is 44.8 Å². The van der Waals surface area contributed by atoms with Gasteiger partial charge in [0.1, 0.15) is 5.82 Å². The van der Waals surface area contributed by atoms with E-state index >= 15 is 0 Å². The maximum atomic E-state index is 5.24. The quantitative estimate of drug-likeness (QED) is 0.842. The normalized spacial score (nSPS) is 16.2. The summed E-state index contributed by atoms with van der Waals surface area (Å²) in [7, 11) is 0. The van der Waals surface area contributed by atoms with Crippen LogP contribution in [0.4, 0.5) is 5.82 Å². The van der Waals surface area contributed by atoms with Crippen molar-refractivity contribution in [1.82, 2.24) is 20.0 Å². The molecule has 0 unspecified atom stereocenters. The van der Waals surface area contributed by atoms with Gasteiger partial charge in [-0.3, -0.25) is 4.90 Å². The van der Waals surface area contributed by atoms with Gasteiger partial charge in [0.25, 0.3) is 0 Å². The SMILES string of the molecule is CCCc1nc(CN2CCN(c3cc(C)ccn3)CC2)no1. The molecule has 6 nitrogen and oxygen atoms in total. The van der Waals surface area contributed by atoms with E-state index in [0.29, 0.717) is 0 Å². The number of hydrogen-bond acceptors (Lipinski definition) is 6. The van der Waals surface area contributed by atoms with Crippen LogP contribution >= 0.6 is 0 Å². The Balaban J connectivity index is 1.53.